The van der Waals surface area contributed by atoms with E-state index in [1.54, 1.807) is 12.5 Å². The van der Waals surface area contributed by atoms with E-state index >= 15 is 0 Å². The van der Waals surface area contributed by atoms with Crippen molar-refractivity contribution in [3.05, 3.63) is 48.0 Å². The summed E-state index contributed by atoms with van der Waals surface area (Å²) in [5.74, 6) is 1.01. The number of anilines is 1. The lowest BCUT2D eigenvalue weighted by Crippen LogP contribution is -2.01. The van der Waals surface area contributed by atoms with Gasteiger partial charge in [0, 0.05) is 18.3 Å². The minimum absolute atomic E-state index is 0.710. The number of rotatable bonds is 3. The van der Waals surface area contributed by atoms with Crippen molar-refractivity contribution in [3.8, 4) is 5.75 Å². The molecule has 0 aliphatic carbocycles. The molecule has 1 aromatic carbocycles. The molecule has 1 aromatic heterocycles. The van der Waals surface area contributed by atoms with Gasteiger partial charge in [0.25, 0.3) is 0 Å². The summed E-state index contributed by atoms with van der Waals surface area (Å²) in [6.45, 7) is 1.51. The summed E-state index contributed by atoms with van der Waals surface area (Å²) in [4.78, 5) is 8.06. The highest BCUT2D eigenvalue weighted by Crippen LogP contribution is 2.27. The maximum atomic E-state index is 5.47. The average Bonchev–Trinajstić information content (AvgIpc) is 2.85. The molecule has 3 rings (SSSR count). The van der Waals surface area contributed by atoms with Gasteiger partial charge in [-0.05, 0) is 29.8 Å². The molecule has 0 unspecified atom stereocenters. The highest BCUT2D eigenvalue weighted by atomic mass is 16.5. The van der Waals surface area contributed by atoms with Gasteiger partial charge in [-0.3, -0.25) is 0 Å². The van der Waals surface area contributed by atoms with Crippen LogP contribution in [0.4, 0.5) is 5.69 Å². The van der Waals surface area contributed by atoms with Gasteiger partial charge in [-0.2, -0.15) is 0 Å². The fourth-order valence-corrected chi connectivity index (χ4v) is 1.91. The van der Waals surface area contributed by atoms with E-state index in [1.165, 1.54) is 5.56 Å². The number of nitrogens with one attached hydrogen (secondary N) is 1. The van der Waals surface area contributed by atoms with Crippen LogP contribution in [0.5, 0.6) is 5.75 Å². The van der Waals surface area contributed by atoms with Crippen LogP contribution in [0.15, 0.2) is 36.8 Å². The average molecular weight is 227 g/mol. The van der Waals surface area contributed by atoms with Crippen molar-refractivity contribution in [1.82, 2.24) is 9.97 Å². The lowest BCUT2D eigenvalue weighted by atomic mass is 10.1. The number of hydrogen-bond donors (Lipinski definition) is 1. The molecule has 4 nitrogen and oxygen atoms in total. The third-order valence-electron chi connectivity index (χ3n) is 2.81. The number of nitrogens with zero attached hydrogens (tertiary/aromatic N) is 2. The number of ether oxygens (including phenoxy) is 1. The topological polar surface area (TPSA) is 47.0 Å². The minimum atomic E-state index is 0.710. The predicted octanol–water partition coefficient (Wildman–Crippen LogP) is 2.02. The third-order valence-corrected chi connectivity index (χ3v) is 2.81. The molecule has 0 fully saturated rings. The summed E-state index contributed by atoms with van der Waals surface area (Å²) < 4.78 is 5.47. The highest BCUT2D eigenvalue weighted by molar-refractivity contribution is 5.52. The van der Waals surface area contributed by atoms with Gasteiger partial charge in [-0.25, -0.2) is 9.97 Å². The molecule has 2 aromatic rings. The lowest BCUT2D eigenvalue weighted by molar-refractivity contribution is 0.357. The summed E-state index contributed by atoms with van der Waals surface area (Å²) in [6.07, 6.45) is 4.31. The Morgan fingerprint density at radius 3 is 3.18 bits per heavy atom. The molecular formula is C13H13N3O. The SMILES string of the molecule is c1cc(CNc2ccc3c(c2)CCO3)ncn1. The van der Waals surface area contributed by atoms with Gasteiger partial charge in [0.1, 0.15) is 12.1 Å². The maximum Gasteiger partial charge on any atom is 0.122 e. The second kappa shape index (κ2) is 4.41. The van der Waals surface area contributed by atoms with Crippen LogP contribution in [0, 0.1) is 0 Å². The molecule has 0 radical (unpaired) electrons. The predicted molar refractivity (Wildman–Crippen MR) is 65.0 cm³/mol. The van der Waals surface area contributed by atoms with E-state index in [1.807, 2.05) is 18.2 Å². The van der Waals surface area contributed by atoms with Gasteiger partial charge in [-0.1, -0.05) is 0 Å². The molecule has 0 saturated carbocycles. The summed E-state index contributed by atoms with van der Waals surface area (Å²) in [6, 6.07) is 8.10. The smallest absolute Gasteiger partial charge is 0.122 e. The van der Waals surface area contributed by atoms with Crippen LogP contribution in [0.3, 0.4) is 0 Å². The summed E-state index contributed by atoms with van der Waals surface area (Å²) >= 11 is 0. The van der Waals surface area contributed by atoms with Crippen molar-refractivity contribution in [1.29, 1.82) is 0 Å². The molecular weight excluding hydrogens is 214 g/mol. The van der Waals surface area contributed by atoms with E-state index in [9.17, 15) is 0 Å². The molecule has 0 bridgehead atoms. The monoisotopic (exact) mass is 227 g/mol. The van der Waals surface area contributed by atoms with Crippen molar-refractivity contribution in [3.63, 3.8) is 0 Å². The Kier molecular flexibility index (Phi) is 2.62. The van der Waals surface area contributed by atoms with Crippen molar-refractivity contribution in [2.45, 2.75) is 13.0 Å². The molecule has 2 heterocycles. The zero-order valence-corrected chi connectivity index (χ0v) is 9.39. The van der Waals surface area contributed by atoms with Gasteiger partial charge in [0.2, 0.25) is 0 Å². The second-order valence-electron chi connectivity index (χ2n) is 3.98. The first kappa shape index (κ1) is 10.1. The fourth-order valence-electron chi connectivity index (χ4n) is 1.91. The van der Waals surface area contributed by atoms with Crippen LogP contribution < -0.4 is 10.1 Å². The van der Waals surface area contributed by atoms with Crippen molar-refractivity contribution in [2.24, 2.45) is 0 Å². The first-order valence-electron chi connectivity index (χ1n) is 5.66. The first-order chi connectivity index (χ1) is 8.42. The van der Waals surface area contributed by atoms with Crippen molar-refractivity contribution >= 4 is 5.69 Å². The first-order valence-corrected chi connectivity index (χ1v) is 5.66. The van der Waals surface area contributed by atoms with E-state index in [2.05, 4.69) is 21.4 Å². The van der Waals surface area contributed by atoms with Gasteiger partial charge < -0.3 is 10.1 Å². The molecule has 0 amide bonds. The van der Waals surface area contributed by atoms with E-state index in [4.69, 9.17) is 4.74 Å². The van der Waals surface area contributed by atoms with Crippen molar-refractivity contribution in [2.75, 3.05) is 11.9 Å². The molecule has 0 spiro atoms. The minimum Gasteiger partial charge on any atom is -0.493 e. The Bertz CT molecular complexity index is 513. The maximum absolute atomic E-state index is 5.47. The van der Waals surface area contributed by atoms with Gasteiger partial charge >= 0.3 is 0 Å². The molecule has 0 atom stereocenters. The Labute approximate surface area is 99.7 Å². The van der Waals surface area contributed by atoms with Gasteiger partial charge in [-0.15, -0.1) is 0 Å². The number of hydrogen-bond acceptors (Lipinski definition) is 4. The quantitative estimate of drug-likeness (QED) is 0.871. The molecule has 1 aliphatic heterocycles. The highest BCUT2D eigenvalue weighted by Gasteiger charge is 2.11. The molecule has 17 heavy (non-hydrogen) atoms. The fraction of sp³-hybridized carbons (Fsp3) is 0.231. The van der Waals surface area contributed by atoms with Crippen LogP contribution in [-0.4, -0.2) is 16.6 Å². The normalized spacial score (nSPS) is 12.9. The molecule has 1 N–H and O–H groups in total. The molecule has 86 valence electrons. The summed E-state index contributed by atoms with van der Waals surface area (Å²) in [7, 11) is 0. The largest absolute Gasteiger partial charge is 0.493 e. The summed E-state index contributed by atoms with van der Waals surface area (Å²) in [5, 5.41) is 3.34. The van der Waals surface area contributed by atoms with E-state index in [-0.39, 0.29) is 0 Å². The van der Waals surface area contributed by atoms with Crippen LogP contribution in [-0.2, 0) is 13.0 Å². The number of aromatic nitrogens is 2. The third kappa shape index (κ3) is 2.20. The number of benzene rings is 1. The van der Waals surface area contributed by atoms with Crippen LogP contribution >= 0.6 is 0 Å². The summed E-state index contributed by atoms with van der Waals surface area (Å²) in [5.41, 5.74) is 3.36. The van der Waals surface area contributed by atoms with Crippen molar-refractivity contribution < 1.29 is 4.74 Å². The second-order valence-corrected chi connectivity index (χ2v) is 3.98. The van der Waals surface area contributed by atoms with Crippen LogP contribution in [0.25, 0.3) is 0 Å². The Hall–Kier alpha value is -2.10. The van der Waals surface area contributed by atoms with Gasteiger partial charge in [0.05, 0.1) is 18.8 Å². The molecule has 1 aliphatic rings. The zero-order valence-electron chi connectivity index (χ0n) is 9.39. The molecule has 4 heteroatoms. The van der Waals surface area contributed by atoms with E-state index in [0.29, 0.717) is 6.54 Å². The van der Waals surface area contributed by atoms with Gasteiger partial charge in [0.15, 0.2) is 0 Å². The zero-order chi connectivity index (χ0) is 11.5. The van der Waals surface area contributed by atoms with Crippen LogP contribution in [0.1, 0.15) is 11.3 Å². The Morgan fingerprint density at radius 2 is 2.29 bits per heavy atom. The van der Waals surface area contributed by atoms with E-state index < -0.39 is 0 Å². The number of fused-ring (bicyclic) bond motifs is 1. The molecule has 0 saturated heterocycles. The Balaban J connectivity index is 1.70. The van der Waals surface area contributed by atoms with E-state index in [0.717, 1.165) is 30.2 Å². The Morgan fingerprint density at radius 1 is 1.29 bits per heavy atom. The standard InChI is InChI=1S/C13H13N3O/c1-2-13-10(4-6-17-13)7-11(1)15-8-12-3-5-14-9-16-12/h1-3,5,7,9,15H,4,6,8H2. The van der Waals surface area contributed by atoms with Crippen LogP contribution in [0.2, 0.25) is 0 Å². The lowest BCUT2D eigenvalue weighted by Gasteiger charge is -2.07.